The molecule has 0 saturated carbocycles. The van der Waals surface area contributed by atoms with Crippen LogP contribution in [0.15, 0.2) is 46.1 Å². The van der Waals surface area contributed by atoms with Crippen LogP contribution in [0.2, 0.25) is 0 Å². The molecule has 0 aliphatic carbocycles. The van der Waals surface area contributed by atoms with Gasteiger partial charge in [0.2, 0.25) is 0 Å². The van der Waals surface area contributed by atoms with Gasteiger partial charge in [-0.1, -0.05) is 17.7 Å². The van der Waals surface area contributed by atoms with E-state index >= 15 is 0 Å². The Bertz CT molecular complexity index is 874. The normalized spacial score (nSPS) is 22.7. The molecule has 25 heavy (non-hydrogen) atoms. The van der Waals surface area contributed by atoms with E-state index in [2.05, 4.69) is 4.98 Å². The van der Waals surface area contributed by atoms with Gasteiger partial charge in [0, 0.05) is 18.7 Å². The largest absolute Gasteiger partial charge is 0.459 e. The van der Waals surface area contributed by atoms with Crippen molar-refractivity contribution in [3.63, 3.8) is 0 Å². The van der Waals surface area contributed by atoms with E-state index < -0.39 is 35.7 Å². The maximum atomic E-state index is 14.1. The number of nitrogens with zero attached hydrogens (tertiary/aromatic N) is 1. The lowest BCUT2D eigenvalue weighted by molar-refractivity contribution is -0.0439. The molecule has 1 aliphatic rings. The van der Waals surface area contributed by atoms with E-state index in [1.54, 1.807) is 24.3 Å². The number of aryl methyl sites for hydroxylation is 1. The van der Waals surface area contributed by atoms with Gasteiger partial charge in [0.25, 0.3) is 5.56 Å². The topological polar surface area (TPSA) is 90.4 Å². The number of H-pyrrole nitrogens is 1. The molecule has 1 aliphatic heterocycles. The number of hydrogen-bond acceptors (Lipinski definition) is 5. The van der Waals surface area contributed by atoms with Gasteiger partial charge in [0.05, 0.1) is 5.56 Å². The zero-order valence-corrected chi connectivity index (χ0v) is 13.5. The first-order valence-corrected chi connectivity index (χ1v) is 7.79. The molecule has 0 radical (unpaired) electrons. The lowest BCUT2D eigenvalue weighted by atomic mass is 10.1. The van der Waals surface area contributed by atoms with Crippen LogP contribution in [0.1, 0.15) is 28.6 Å². The van der Waals surface area contributed by atoms with Gasteiger partial charge in [-0.05, 0) is 19.1 Å². The van der Waals surface area contributed by atoms with E-state index in [1.807, 2.05) is 6.92 Å². The van der Waals surface area contributed by atoms with Crippen molar-refractivity contribution in [2.24, 2.45) is 0 Å². The highest BCUT2D eigenvalue weighted by atomic mass is 19.1. The molecule has 0 amide bonds. The minimum absolute atomic E-state index is 0.0707. The zero-order valence-electron chi connectivity index (χ0n) is 13.5. The highest BCUT2D eigenvalue weighted by Crippen LogP contribution is 2.30. The predicted molar refractivity (Wildman–Crippen MR) is 86.2 cm³/mol. The van der Waals surface area contributed by atoms with Crippen molar-refractivity contribution in [1.82, 2.24) is 9.55 Å². The fraction of sp³-hybridized carbons (Fsp3) is 0.353. The molecular weight excluding hydrogens is 331 g/mol. The molecule has 1 N–H and O–H groups in total. The average Bonchev–Trinajstić information content (AvgIpc) is 2.94. The van der Waals surface area contributed by atoms with Gasteiger partial charge >= 0.3 is 11.7 Å². The number of alkyl halides is 1. The van der Waals surface area contributed by atoms with Crippen LogP contribution in [0.5, 0.6) is 0 Å². The first-order chi connectivity index (χ1) is 11.9. The molecule has 1 unspecified atom stereocenters. The molecule has 8 heteroatoms. The molecule has 132 valence electrons. The summed E-state index contributed by atoms with van der Waals surface area (Å²) in [6, 6.07) is 7.97. The lowest BCUT2D eigenvalue weighted by Crippen LogP contribution is -2.32. The predicted octanol–water partition coefficient (Wildman–Crippen LogP) is 1.33. The molecule has 7 nitrogen and oxygen atoms in total. The Morgan fingerprint density at radius 3 is 2.72 bits per heavy atom. The van der Waals surface area contributed by atoms with Crippen LogP contribution in [0, 0.1) is 6.92 Å². The number of hydrogen-bond donors (Lipinski definition) is 1. The minimum Gasteiger partial charge on any atom is -0.459 e. The molecule has 2 heterocycles. The summed E-state index contributed by atoms with van der Waals surface area (Å²) in [5, 5.41) is 0. The summed E-state index contributed by atoms with van der Waals surface area (Å²) in [5.74, 6) is -0.569. The van der Waals surface area contributed by atoms with Crippen LogP contribution in [-0.2, 0) is 9.47 Å². The van der Waals surface area contributed by atoms with Gasteiger partial charge in [0.1, 0.15) is 25.1 Å². The number of halogens is 1. The highest BCUT2D eigenvalue weighted by Gasteiger charge is 2.37. The van der Waals surface area contributed by atoms with Crippen molar-refractivity contribution in [3.05, 3.63) is 68.5 Å². The maximum Gasteiger partial charge on any atom is 0.338 e. The van der Waals surface area contributed by atoms with E-state index in [9.17, 15) is 18.8 Å². The Hall–Kier alpha value is -2.74. The van der Waals surface area contributed by atoms with E-state index in [0.29, 0.717) is 5.56 Å². The van der Waals surface area contributed by atoms with Gasteiger partial charge in [-0.15, -0.1) is 0 Å². The number of carbonyl (C=O) groups is 1. The highest BCUT2D eigenvalue weighted by molar-refractivity contribution is 5.89. The first kappa shape index (κ1) is 17.1. The molecule has 3 atom stereocenters. The van der Waals surface area contributed by atoms with Crippen LogP contribution < -0.4 is 11.2 Å². The molecule has 1 aromatic heterocycles. The second-order valence-corrected chi connectivity index (χ2v) is 5.86. The van der Waals surface area contributed by atoms with Crippen molar-refractivity contribution < 1.29 is 18.7 Å². The zero-order chi connectivity index (χ0) is 18.0. The van der Waals surface area contributed by atoms with Crippen LogP contribution in [0.3, 0.4) is 0 Å². The summed E-state index contributed by atoms with van der Waals surface area (Å²) < 4.78 is 25.8. The second kappa shape index (κ2) is 7.02. The monoisotopic (exact) mass is 348 g/mol. The third kappa shape index (κ3) is 3.85. The molecule has 0 bridgehead atoms. The van der Waals surface area contributed by atoms with Crippen LogP contribution in [-0.4, -0.2) is 34.4 Å². The Balaban J connectivity index is 1.62. The molecular formula is C17H17FN2O5. The summed E-state index contributed by atoms with van der Waals surface area (Å²) in [4.78, 5) is 36.9. The Kier molecular flexibility index (Phi) is 4.80. The maximum absolute atomic E-state index is 14.1. The van der Waals surface area contributed by atoms with Gasteiger partial charge in [0.15, 0.2) is 0 Å². The Labute approximate surface area is 142 Å². The van der Waals surface area contributed by atoms with Crippen LogP contribution in [0.4, 0.5) is 4.39 Å². The Morgan fingerprint density at radius 2 is 2.04 bits per heavy atom. The van der Waals surface area contributed by atoms with Crippen molar-refractivity contribution >= 4 is 5.97 Å². The number of rotatable bonds is 4. The van der Waals surface area contributed by atoms with Crippen LogP contribution >= 0.6 is 0 Å². The summed E-state index contributed by atoms with van der Waals surface area (Å²) in [6.45, 7) is 1.64. The van der Waals surface area contributed by atoms with E-state index in [0.717, 1.165) is 16.2 Å². The van der Waals surface area contributed by atoms with Crippen molar-refractivity contribution in [3.8, 4) is 0 Å². The minimum atomic E-state index is -1.39. The first-order valence-electron chi connectivity index (χ1n) is 7.79. The number of ether oxygens (including phenoxy) is 2. The smallest absolute Gasteiger partial charge is 0.338 e. The summed E-state index contributed by atoms with van der Waals surface area (Å²) in [5.41, 5.74) is 0.155. The third-order valence-corrected chi connectivity index (χ3v) is 3.99. The van der Waals surface area contributed by atoms with Gasteiger partial charge < -0.3 is 9.47 Å². The van der Waals surface area contributed by atoms with Crippen molar-refractivity contribution in [2.45, 2.75) is 31.8 Å². The van der Waals surface area contributed by atoms with Gasteiger partial charge in [-0.3, -0.25) is 14.3 Å². The van der Waals surface area contributed by atoms with E-state index in [4.69, 9.17) is 9.47 Å². The summed E-state index contributed by atoms with van der Waals surface area (Å²) in [7, 11) is 0. The fourth-order valence-corrected chi connectivity index (χ4v) is 2.59. The number of aromatic amines is 1. The number of benzene rings is 1. The number of nitrogens with one attached hydrogen (secondary N) is 1. The molecule has 3 rings (SSSR count). The van der Waals surface area contributed by atoms with Crippen molar-refractivity contribution in [1.29, 1.82) is 0 Å². The van der Waals surface area contributed by atoms with E-state index in [-0.39, 0.29) is 13.0 Å². The van der Waals surface area contributed by atoms with Crippen molar-refractivity contribution in [2.75, 3.05) is 6.61 Å². The average molecular weight is 348 g/mol. The second-order valence-electron chi connectivity index (χ2n) is 5.86. The van der Waals surface area contributed by atoms with Gasteiger partial charge in [-0.2, -0.15) is 0 Å². The quantitative estimate of drug-likeness (QED) is 0.842. The van der Waals surface area contributed by atoms with E-state index in [1.165, 1.54) is 6.20 Å². The molecule has 2 aromatic rings. The standard InChI is InChI=1S/C17H17FN2O5/c1-10-2-4-11(5-3-10)16(22)24-9-13-12(18)8-15(25-13)20-7-6-14(21)19-17(20)23/h2-7,12-13,15H,8-9H2,1H3,(H,19,21,23)/t12?,13-,15-/m0/s1. The molecule has 1 aromatic carbocycles. The third-order valence-electron chi connectivity index (χ3n) is 3.99. The van der Waals surface area contributed by atoms with Gasteiger partial charge in [-0.25, -0.2) is 14.0 Å². The van der Waals surface area contributed by atoms with Crippen LogP contribution in [0.25, 0.3) is 0 Å². The molecule has 0 spiro atoms. The molecule has 1 saturated heterocycles. The summed E-state index contributed by atoms with van der Waals surface area (Å²) in [6.07, 6.45) is -2.05. The number of carbonyl (C=O) groups excluding carboxylic acids is 1. The SMILES string of the molecule is Cc1ccc(C(=O)OC[C@@H]2O[C@H](n3ccc(=O)[nH]c3=O)CC2F)cc1. The summed E-state index contributed by atoms with van der Waals surface area (Å²) >= 11 is 0. The number of aromatic nitrogens is 2. The fourth-order valence-electron chi connectivity index (χ4n) is 2.59. The molecule has 1 fully saturated rings. The lowest BCUT2D eigenvalue weighted by Gasteiger charge is -2.15. The Morgan fingerprint density at radius 1 is 1.32 bits per heavy atom. The number of esters is 1.